The fourth-order valence-electron chi connectivity index (χ4n) is 4.26. The Morgan fingerprint density at radius 3 is 1.82 bits per heavy atom. The fraction of sp³-hybridized carbons (Fsp3) is 0.526. The van der Waals surface area contributed by atoms with Crippen LogP contribution in [0.15, 0.2) is 22.6 Å². The second-order valence-corrected chi connectivity index (χ2v) is 9.33. The Kier molecular flexibility index (Phi) is 7.08. The van der Waals surface area contributed by atoms with Gasteiger partial charge in [-0.3, -0.25) is 0 Å². The smallest absolute Gasteiger partial charge is 0.316 e. The third-order valence-electron chi connectivity index (χ3n) is 5.61. The number of benzene rings is 1. The number of aromatic nitrogens is 3. The standard InChI is InChI=1S/C19H29N11O3S/c20-10-3-11(21)7-29(6-10)18-25-17(24-14-1-2-15(16(31)5-14)28-34(32)33)26-19(27-18)30-8-12(22)4-13(23)9-30/h1-2,5,10-13,31H,3-4,6-9,20-23H2,(H,24,25,26,27)/t10-,11+,12-,13+. The molecular weight excluding hydrogens is 462 g/mol. The van der Waals surface area contributed by atoms with Crippen molar-refractivity contribution in [3.63, 3.8) is 0 Å². The maximum absolute atomic E-state index is 10.8. The van der Waals surface area contributed by atoms with Gasteiger partial charge in [-0.25, -0.2) is 0 Å². The summed E-state index contributed by atoms with van der Waals surface area (Å²) in [7, 11) is -2.69. The fourth-order valence-corrected chi connectivity index (χ4v) is 4.58. The van der Waals surface area contributed by atoms with Gasteiger partial charge in [-0.15, -0.1) is 4.36 Å². The molecule has 10 N–H and O–H groups in total. The van der Waals surface area contributed by atoms with Gasteiger partial charge < -0.3 is 43.2 Å². The summed E-state index contributed by atoms with van der Waals surface area (Å²) in [5.74, 6) is 0.716. The van der Waals surface area contributed by atoms with Gasteiger partial charge in [-0.1, -0.05) is 0 Å². The van der Waals surface area contributed by atoms with E-state index in [2.05, 4.69) is 24.6 Å². The number of nitrogens with two attached hydrogens (primary N) is 4. The predicted molar refractivity (Wildman–Crippen MR) is 128 cm³/mol. The minimum absolute atomic E-state index is 0.0801. The van der Waals surface area contributed by atoms with Gasteiger partial charge >= 0.3 is 10.5 Å². The Morgan fingerprint density at radius 2 is 1.38 bits per heavy atom. The summed E-state index contributed by atoms with van der Waals surface area (Å²) in [5.41, 5.74) is 25.0. The van der Waals surface area contributed by atoms with Crippen molar-refractivity contribution in [2.75, 3.05) is 41.3 Å². The topological polar surface area (TPSA) is 228 Å². The maximum atomic E-state index is 10.8. The first-order valence-electron chi connectivity index (χ1n) is 10.9. The van der Waals surface area contributed by atoms with Crippen LogP contribution < -0.4 is 38.1 Å². The van der Waals surface area contributed by atoms with Crippen LogP contribution in [0.2, 0.25) is 0 Å². The van der Waals surface area contributed by atoms with E-state index in [-0.39, 0.29) is 41.6 Å². The van der Waals surface area contributed by atoms with Crippen molar-refractivity contribution >= 4 is 39.7 Å². The van der Waals surface area contributed by atoms with Crippen molar-refractivity contribution in [3.05, 3.63) is 18.2 Å². The molecule has 184 valence electrons. The molecule has 2 saturated heterocycles. The van der Waals surface area contributed by atoms with E-state index >= 15 is 0 Å². The molecule has 0 aliphatic carbocycles. The highest BCUT2D eigenvalue weighted by atomic mass is 32.2. The third kappa shape index (κ3) is 5.87. The molecule has 0 bridgehead atoms. The summed E-state index contributed by atoms with van der Waals surface area (Å²) in [5, 5.41) is 13.2. The molecule has 2 fully saturated rings. The average Bonchev–Trinajstić information content (AvgIpc) is 2.74. The van der Waals surface area contributed by atoms with E-state index in [0.717, 1.165) is 0 Å². The number of nitrogens with zero attached hydrogens (tertiary/aromatic N) is 6. The normalized spacial score (nSPS) is 25.2. The minimum atomic E-state index is -2.69. The van der Waals surface area contributed by atoms with Crippen molar-refractivity contribution in [2.45, 2.75) is 37.0 Å². The van der Waals surface area contributed by atoms with Crippen LogP contribution in [-0.4, -0.2) is 78.8 Å². The Balaban J connectivity index is 1.68. The largest absolute Gasteiger partial charge is 0.506 e. The zero-order valence-electron chi connectivity index (χ0n) is 18.4. The van der Waals surface area contributed by atoms with E-state index < -0.39 is 10.5 Å². The maximum Gasteiger partial charge on any atom is 0.316 e. The van der Waals surface area contributed by atoms with Crippen LogP contribution in [0.25, 0.3) is 0 Å². The molecule has 0 spiro atoms. The summed E-state index contributed by atoms with van der Waals surface area (Å²) in [4.78, 5) is 17.6. The summed E-state index contributed by atoms with van der Waals surface area (Å²) in [6, 6.07) is 3.78. The second-order valence-electron chi connectivity index (χ2n) is 8.72. The van der Waals surface area contributed by atoms with Crippen LogP contribution in [0.4, 0.5) is 29.2 Å². The molecular formula is C19H29N11O3S. The molecule has 14 nitrogen and oxygen atoms in total. The number of hydrogen-bond acceptors (Lipinski definition) is 14. The van der Waals surface area contributed by atoms with Gasteiger partial charge in [0.25, 0.3) is 0 Å². The molecule has 0 saturated carbocycles. The van der Waals surface area contributed by atoms with E-state index in [0.29, 0.717) is 56.6 Å². The molecule has 4 rings (SSSR count). The number of aromatic hydroxyl groups is 1. The number of rotatable bonds is 5. The van der Waals surface area contributed by atoms with Gasteiger partial charge in [0.1, 0.15) is 11.4 Å². The zero-order chi connectivity index (χ0) is 24.4. The Labute approximate surface area is 198 Å². The van der Waals surface area contributed by atoms with Crippen molar-refractivity contribution in [1.29, 1.82) is 0 Å². The predicted octanol–water partition coefficient (Wildman–Crippen LogP) is -1.26. The summed E-state index contributed by atoms with van der Waals surface area (Å²) in [6.45, 7) is 2.16. The molecule has 1 aromatic heterocycles. The monoisotopic (exact) mass is 491 g/mol. The summed E-state index contributed by atoms with van der Waals surface area (Å²) in [6.07, 6.45) is 1.42. The lowest BCUT2D eigenvalue weighted by Gasteiger charge is -2.37. The molecule has 0 radical (unpaired) electrons. The van der Waals surface area contributed by atoms with Crippen LogP contribution in [0.1, 0.15) is 12.8 Å². The highest BCUT2D eigenvalue weighted by molar-refractivity contribution is 7.61. The van der Waals surface area contributed by atoms with Gasteiger partial charge in [0.2, 0.25) is 17.8 Å². The van der Waals surface area contributed by atoms with Crippen LogP contribution in [0.5, 0.6) is 5.75 Å². The van der Waals surface area contributed by atoms with E-state index in [1.807, 2.05) is 9.80 Å². The summed E-state index contributed by atoms with van der Waals surface area (Å²) >= 11 is 0. The molecule has 1 aromatic carbocycles. The number of anilines is 4. The number of piperidine rings is 2. The first kappa shape index (κ1) is 24.0. The van der Waals surface area contributed by atoms with Crippen LogP contribution in [0.3, 0.4) is 0 Å². The van der Waals surface area contributed by atoms with Crippen LogP contribution in [0, 0.1) is 0 Å². The van der Waals surface area contributed by atoms with E-state index in [4.69, 9.17) is 22.9 Å². The molecule has 4 atom stereocenters. The Morgan fingerprint density at radius 1 is 0.882 bits per heavy atom. The molecule has 2 aromatic rings. The van der Waals surface area contributed by atoms with Crippen LogP contribution in [-0.2, 0) is 10.5 Å². The van der Waals surface area contributed by atoms with Gasteiger partial charge in [0.15, 0.2) is 0 Å². The Bertz CT molecular complexity index is 1110. The zero-order valence-corrected chi connectivity index (χ0v) is 19.3. The molecule has 3 heterocycles. The van der Waals surface area contributed by atoms with Gasteiger partial charge in [0, 0.05) is 62.1 Å². The third-order valence-corrected chi connectivity index (χ3v) is 5.96. The van der Waals surface area contributed by atoms with Crippen molar-refractivity contribution in [1.82, 2.24) is 15.0 Å². The van der Waals surface area contributed by atoms with Crippen LogP contribution >= 0.6 is 0 Å². The molecule has 34 heavy (non-hydrogen) atoms. The highest BCUT2D eigenvalue weighted by Crippen LogP contribution is 2.31. The minimum Gasteiger partial charge on any atom is -0.506 e. The van der Waals surface area contributed by atoms with E-state index in [1.54, 1.807) is 6.07 Å². The molecule has 2 aliphatic rings. The van der Waals surface area contributed by atoms with E-state index in [1.165, 1.54) is 12.1 Å². The second kappa shape index (κ2) is 10.0. The summed E-state index contributed by atoms with van der Waals surface area (Å²) < 4.78 is 24.9. The van der Waals surface area contributed by atoms with Gasteiger partial charge in [-0.2, -0.15) is 23.4 Å². The lowest BCUT2D eigenvalue weighted by Crippen LogP contribution is -2.54. The molecule has 0 amide bonds. The van der Waals surface area contributed by atoms with E-state index in [9.17, 15) is 13.5 Å². The SMILES string of the molecule is N[C@@H]1C[C@H](N)CN(c2nc(Nc3ccc(N=S(=O)=O)c(O)c3)nc(N3C[C@H](N)C[C@H](N)C3)n2)C1. The molecule has 0 unspecified atom stereocenters. The first-order chi connectivity index (χ1) is 16.2. The lowest BCUT2D eigenvalue weighted by molar-refractivity contribution is 0.441. The van der Waals surface area contributed by atoms with Crippen molar-refractivity contribution in [3.8, 4) is 5.75 Å². The highest BCUT2D eigenvalue weighted by Gasteiger charge is 2.28. The number of phenolic OH excluding ortho intramolecular Hbond substituents is 1. The van der Waals surface area contributed by atoms with Gasteiger partial charge in [0.05, 0.1) is 0 Å². The molecule has 2 aliphatic heterocycles. The Hall–Kier alpha value is -3.11. The quantitative estimate of drug-likeness (QED) is 0.287. The number of hydrogen-bond donors (Lipinski definition) is 6. The average molecular weight is 492 g/mol. The lowest BCUT2D eigenvalue weighted by atomic mass is 10.0. The first-order valence-corrected chi connectivity index (χ1v) is 11.9. The molecule has 15 heteroatoms. The number of nitrogens with one attached hydrogen (secondary N) is 1. The van der Waals surface area contributed by atoms with Crippen molar-refractivity contribution < 1.29 is 13.5 Å². The van der Waals surface area contributed by atoms with Gasteiger partial charge in [-0.05, 0) is 25.0 Å². The number of phenols is 1. The van der Waals surface area contributed by atoms with Crippen molar-refractivity contribution in [2.24, 2.45) is 27.3 Å².